The van der Waals surface area contributed by atoms with Gasteiger partial charge in [0.05, 0.1) is 0 Å². The molecule has 0 rings (SSSR count). The maximum absolute atomic E-state index is 8.43. The number of hydrogen-bond donors (Lipinski definition) is 2. The van der Waals surface area contributed by atoms with E-state index in [4.69, 9.17) is 10.2 Å². The molecule has 0 aliphatic rings. The number of unbranched alkanes of at least 4 members (excludes halogenated alkanes) is 7. The number of aliphatic hydroxyl groups is 2. The van der Waals surface area contributed by atoms with E-state index in [1.807, 2.05) is 0 Å². The van der Waals surface area contributed by atoms with E-state index in [1.54, 1.807) is 0 Å². The van der Waals surface area contributed by atoms with Gasteiger partial charge >= 0.3 is 0 Å². The third-order valence-corrected chi connectivity index (χ3v) is 2.95. The Hall–Kier alpha value is -0.0800. The van der Waals surface area contributed by atoms with Crippen molar-refractivity contribution in [3.63, 3.8) is 0 Å². The van der Waals surface area contributed by atoms with Crippen LogP contribution in [0.2, 0.25) is 0 Å². The van der Waals surface area contributed by atoms with Crippen molar-refractivity contribution in [3.8, 4) is 0 Å². The molecule has 0 saturated carbocycles. The van der Waals surface area contributed by atoms with Crippen molar-refractivity contribution >= 4 is 0 Å². The Bertz CT molecular complexity index is 118. The molecular formula is C16H36O2. The molecule has 0 aromatic rings. The number of rotatable bonds is 11. The van der Waals surface area contributed by atoms with Gasteiger partial charge in [-0.2, -0.15) is 0 Å². The van der Waals surface area contributed by atoms with Crippen molar-refractivity contribution in [2.45, 2.75) is 85.0 Å². The summed E-state index contributed by atoms with van der Waals surface area (Å²) in [6.45, 7) is 7.41. The first-order chi connectivity index (χ1) is 8.68. The molecule has 0 heterocycles. The highest BCUT2D eigenvalue weighted by Gasteiger charge is 1.92. The van der Waals surface area contributed by atoms with E-state index in [1.165, 1.54) is 51.4 Å². The van der Waals surface area contributed by atoms with Crippen molar-refractivity contribution in [1.82, 2.24) is 0 Å². The van der Waals surface area contributed by atoms with E-state index < -0.39 is 0 Å². The predicted molar refractivity (Wildman–Crippen MR) is 80.9 cm³/mol. The Morgan fingerprint density at radius 2 is 1.11 bits per heavy atom. The van der Waals surface area contributed by atoms with Gasteiger partial charge in [0.1, 0.15) is 0 Å². The van der Waals surface area contributed by atoms with E-state index in [2.05, 4.69) is 20.8 Å². The maximum atomic E-state index is 8.43. The van der Waals surface area contributed by atoms with Crippen LogP contribution in [0, 0.1) is 5.92 Å². The van der Waals surface area contributed by atoms with Crippen LogP contribution in [0.3, 0.4) is 0 Å². The Morgan fingerprint density at radius 3 is 1.56 bits per heavy atom. The lowest BCUT2D eigenvalue weighted by Gasteiger charge is -2.01. The van der Waals surface area contributed by atoms with Crippen LogP contribution >= 0.6 is 0 Å². The molecule has 112 valence electrons. The van der Waals surface area contributed by atoms with Crippen LogP contribution in [-0.2, 0) is 0 Å². The third kappa shape index (κ3) is 24.9. The molecule has 0 bridgehead atoms. The molecule has 0 atom stereocenters. The average Bonchev–Trinajstić information content (AvgIpc) is 2.35. The normalized spacial score (nSPS) is 10.3. The Balaban J connectivity index is 0. The van der Waals surface area contributed by atoms with Gasteiger partial charge in [-0.1, -0.05) is 72.1 Å². The zero-order valence-electron chi connectivity index (χ0n) is 13.0. The topological polar surface area (TPSA) is 40.5 Å². The lowest BCUT2D eigenvalue weighted by atomic mass is 10.1. The molecule has 0 aromatic heterocycles. The van der Waals surface area contributed by atoms with E-state index >= 15 is 0 Å². The minimum absolute atomic E-state index is 0.359. The van der Waals surface area contributed by atoms with Crippen molar-refractivity contribution < 1.29 is 10.2 Å². The van der Waals surface area contributed by atoms with Gasteiger partial charge in [0.2, 0.25) is 0 Å². The summed E-state index contributed by atoms with van der Waals surface area (Å²) in [5.41, 5.74) is 0. The summed E-state index contributed by atoms with van der Waals surface area (Å²) in [5.74, 6) is 0.823. The molecule has 0 aliphatic heterocycles. The lowest BCUT2D eigenvalue weighted by molar-refractivity contribution is 0.281. The van der Waals surface area contributed by atoms with Crippen LogP contribution in [0.5, 0.6) is 0 Å². The van der Waals surface area contributed by atoms with Crippen LogP contribution in [0.25, 0.3) is 0 Å². The Morgan fingerprint density at radius 1 is 0.667 bits per heavy atom. The molecular weight excluding hydrogens is 224 g/mol. The molecule has 0 aromatic carbocycles. The average molecular weight is 260 g/mol. The minimum atomic E-state index is 0.359. The smallest absolute Gasteiger partial charge is 0.0431 e. The molecule has 0 unspecified atom stereocenters. The van der Waals surface area contributed by atoms with Gasteiger partial charge in [0, 0.05) is 13.2 Å². The fourth-order valence-electron chi connectivity index (χ4n) is 1.73. The molecule has 0 amide bonds. The third-order valence-electron chi connectivity index (χ3n) is 2.95. The van der Waals surface area contributed by atoms with E-state index in [0.717, 1.165) is 18.8 Å². The molecule has 0 aliphatic carbocycles. The fraction of sp³-hybridized carbons (Fsp3) is 1.00. The minimum Gasteiger partial charge on any atom is -0.396 e. The first-order valence-electron chi connectivity index (χ1n) is 7.90. The van der Waals surface area contributed by atoms with E-state index in [0.29, 0.717) is 13.2 Å². The maximum Gasteiger partial charge on any atom is 0.0431 e. The van der Waals surface area contributed by atoms with Crippen molar-refractivity contribution in [2.24, 2.45) is 5.92 Å². The van der Waals surface area contributed by atoms with Crippen molar-refractivity contribution in [3.05, 3.63) is 0 Å². The zero-order chi connectivity index (χ0) is 14.1. The summed E-state index contributed by atoms with van der Waals surface area (Å²) in [6, 6.07) is 0. The van der Waals surface area contributed by atoms with Gasteiger partial charge < -0.3 is 10.2 Å². The summed E-state index contributed by atoms with van der Waals surface area (Å²) in [7, 11) is 0. The van der Waals surface area contributed by atoms with E-state index in [9.17, 15) is 0 Å². The molecule has 18 heavy (non-hydrogen) atoms. The number of hydrogen-bond acceptors (Lipinski definition) is 2. The van der Waals surface area contributed by atoms with Gasteiger partial charge in [-0.05, 0) is 18.8 Å². The van der Waals surface area contributed by atoms with Crippen LogP contribution in [0.15, 0.2) is 0 Å². The summed E-state index contributed by atoms with van der Waals surface area (Å²) in [4.78, 5) is 0. The van der Waals surface area contributed by atoms with Crippen LogP contribution in [0.1, 0.15) is 85.0 Å². The second kappa shape index (κ2) is 19.3. The highest BCUT2D eigenvalue weighted by Crippen LogP contribution is 2.07. The van der Waals surface area contributed by atoms with Gasteiger partial charge in [-0.3, -0.25) is 0 Å². The molecule has 0 fully saturated rings. The van der Waals surface area contributed by atoms with Gasteiger partial charge in [0.15, 0.2) is 0 Å². The molecule has 0 radical (unpaired) electrons. The predicted octanol–water partition coefficient (Wildman–Crippen LogP) is 4.53. The lowest BCUT2D eigenvalue weighted by Crippen LogP contribution is -1.88. The van der Waals surface area contributed by atoms with Crippen molar-refractivity contribution in [1.29, 1.82) is 0 Å². The monoisotopic (exact) mass is 260 g/mol. The quantitative estimate of drug-likeness (QED) is 0.536. The van der Waals surface area contributed by atoms with E-state index in [-0.39, 0.29) is 0 Å². The molecule has 2 heteroatoms. The molecule has 2 nitrogen and oxygen atoms in total. The summed E-state index contributed by atoms with van der Waals surface area (Å²) in [6.07, 6.45) is 12.2. The summed E-state index contributed by atoms with van der Waals surface area (Å²) >= 11 is 0. The summed E-state index contributed by atoms with van der Waals surface area (Å²) < 4.78 is 0. The van der Waals surface area contributed by atoms with Crippen LogP contribution < -0.4 is 0 Å². The standard InChI is InChI=1S/2C8H18O/c1-8(2)6-4-3-5-7-9;1-2-3-4-5-6-7-8-9/h8-9H,3-7H2,1-2H3;9H,2-8H2,1H3. The first-order valence-corrected chi connectivity index (χ1v) is 7.90. The molecule has 0 spiro atoms. The largest absolute Gasteiger partial charge is 0.396 e. The van der Waals surface area contributed by atoms with Crippen LogP contribution in [-0.4, -0.2) is 23.4 Å². The second-order valence-electron chi connectivity index (χ2n) is 5.46. The van der Waals surface area contributed by atoms with Gasteiger partial charge in [-0.15, -0.1) is 0 Å². The first kappa shape index (κ1) is 20.2. The SMILES string of the molecule is CC(C)CCCCCO.CCCCCCCCO. The Labute approximate surface area is 115 Å². The highest BCUT2D eigenvalue weighted by molar-refractivity contribution is 4.46. The van der Waals surface area contributed by atoms with Gasteiger partial charge in [-0.25, -0.2) is 0 Å². The highest BCUT2D eigenvalue weighted by atomic mass is 16.3. The van der Waals surface area contributed by atoms with Crippen molar-refractivity contribution in [2.75, 3.05) is 13.2 Å². The van der Waals surface area contributed by atoms with Crippen LogP contribution in [0.4, 0.5) is 0 Å². The molecule has 2 N–H and O–H groups in total. The zero-order valence-corrected chi connectivity index (χ0v) is 13.0. The summed E-state index contributed by atoms with van der Waals surface area (Å²) in [5, 5.41) is 16.9. The number of aliphatic hydroxyl groups excluding tert-OH is 2. The second-order valence-corrected chi connectivity index (χ2v) is 5.46. The van der Waals surface area contributed by atoms with Gasteiger partial charge in [0.25, 0.3) is 0 Å². The Kier molecular flexibility index (Phi) is 21.7. The molecule has 0 saturated heterocycles. The fourth-order valence-corrected chi connectivity index (χ4v) is 1.73.